The third-order valence-corrected chi connectivity index (χ3v) is 6.00. The lowest BCUT2D eigenvalue weighted by Gasteiger charge is -2.35. The van der Waals surface area contributed by atoms with Gasteiger partial charge in [-0.05, 0) is 18.6 Å². The molecule has 1 N–H and O–H groups in total. The highest BCUT2D eigenvalue weighted by atomic mass is 32.2. The van der Waals surface area contributed by atoms with Gasteiger partial charge in [0, 0.05) is 39.1 Å². The molecule has 24 heavy (non-hydrogen) atoms. The van der Waals surface area contributed by atoms with E-state index in [0.29, 0.717) is 51.3 Å². The van der Waals surface area contributed by atoms with Crippen molar-refractivity contribution in [2.75, 3.05) is 43.4 Å². The Kier molecular flexibility index (Phi) is 6.56. The number of para-hydroxylation sites is 1. The van der Waals surface area contributed by atoms with Crippen LogP contribution in [0.25, 0.3) is 0 Å². The molecule has 8 heteroatoms. The molecule has 2 rings (SSSR count). The highest BCUT2D eigenvalue weighted by Gasteiger charge is 2.27. The number of nitrogens with one attached hydrogen (secondary N) is 1. The van der Waals surface area contributed by atoms with Gasteiger partial charge in [-0.2, -0.15) is 4.31 Å². The lowest BCUT2D eigenvalue weighted by atomic mass is 10.2. The molecular weight excluding hydrogens is 333 g/mol. The lowest BCUT2D eigenvalue weighted by molar-refractivity contribution is -0.120. The molecule has 1 aromatic carbocycles. The number of nitrogens with zero attached hydrogens (tertiary/aromatic N) is 2. The Hall–Kier alpha value is -1.67. The SMILES string of the molecule is CCC(=O)NCCCS(=O)(=O)N1CCN(c2ccccc2F)CC1. The summed E-state index contributed by atoms with van der Waals surface area (Å²) >= 11 is 0. The predicted molar refractivity (Wildman–Crippen MR) is 91.9 cm³/mol. The van der Waals surface area contributed by atoms with Crippen LogP contribution in [-0.2, 0) is 14.8 Å². The fourth-order valence-electron chi connectivity index (χ4n) is 2.65. The molecule has 0 bridgehead atoms. The molecule has 1 heterocycles. The monoisotopic (exact) mass is 357 g/mol. The van der Waals surface area contributed by atoms with Crippen LogP contribution in [0.15, 0.2) is 24.3 Å². The number of amides is 1. The minimum atomic E-state index is -3.34. The van der Waals surface area contributed by atoms with E-state index in [1.807, 2.05) is 4.90 Å². The van der Waals surface area contributed by atoms with E-state index < -0.39 is 10.0 Å². The second-order valence-corrected chi connectivity index (χ2v) is 7.80. The highest BCUT2D eigenvalue weighted by molar-refractivity contribution is 7.89. The van der Waals surface area contributed by atoms with E-state index in [1.165, 1.54) is 10.4 Å². The van der Waals surface area contributed by atoms with Crippen molar-refractivity contribution in [3.05, 3.63) is 30.1 Å². The van der Waals surface area contributed by atoms with Gasteiger partial charge >= 0.3 is 0 Å². The molecule has 0 aliphatic carbocycles. The zero-order chi connectivity index (χ0) is 17.6. The van der Waals surface area contributed by atoms with Crippen molar-refractivity contribution < 1.29 is 17.6 Å². The molecule has 1 amide bonds. The minimum Gasteiger partial charge on any atom is -0.367 e. The van der Waals surface area contributed by atoms with E-state index in [4.69, 9.17) is 0 Å². The number of piperazine rings is 1. The van der Waals surface area contributed by atoms with Crippen molar-refractivity contribution in [2.45, 2.75) is 19.8 Å². The molecule has 1 saturated heterocycles. The van der Waals surface area contributed by atoms with Crippen LogP contribution < -0.4 is 10.2 Å². The largest absolute Gasteiger partial charge is 0.367 e. The molecular formula is C16H24FN3O3S. The van der Waals surface area contributed by atoms with Gasteiger partial charge in [0.2, 0.25) is 15.9 Å². The number of benzene rings is 1. The van der Waals surface area contributed by atoms with Gasteiger partial charge in [-0.1, -0.05) is 19.1 Å². The maximum atomic E-state index is 13.8. The fraction of sp³-hybridized carbons (Fsp3) is 0.562. The molecule has 1 fully saturated rings. The van der Waals surface area contributed by atoms with Gasteiger partial charge < -0.3 is 10.2 Å². The van der Waals surface area contributed by atoms with Crippen LogP contribution in [0, 0.1) is 5.82 Å². The van der Waals surface area contributed by atoms with Crippen molar-refractivity contribution in [1.82, 2.24) is 9.62 Å². The Morgan fingerprint density at radius 3 is 2.50 bits per heavy atom. The van der Waals surface area contributed by atoms with Gasteiger partial charge in [0.15, 0.2) is 0 Å². The van der Waals surface area contributed by atoms with Crippen LogP contribution in [0.4, 0.5) is 10.1 Å². The van der Waals surface area contributed by atoms with Crippen LogP contribution >= 0.6 is 0 Å². The van der Waals surface area contributed by atoms with Gasteiger partial charge in [-0.15, -0.1) is 0 Å². The Balaban J connectivity index is 1.82. The Labute approximate surface area is 142 Å². The van der Waals surface area contributed by atoms with Crippen LogP contribution in [0.5, 0.6) is 0 Å². The van der Waals surface area contributed by atoms with Crippen molar-refractivity contribution in [3.8, 4) is 0 Å². The Morgan fingerprint density at radius 1 is 1.21 bits per heavy atom. The van der Waals surface area contributed by atoms with Crippen LogP contribution in [-0.4, -0.2) is 57.1 Å². The summed E-state index contributed by atoms with van der Waals surface area (Å²) in [5.74, 6) is -0.358. The van der Waals surface area contributed by atoms with Crippen molar-refractivity contribution in [2.24, 2.45) is 0 Å². The molecule has 1 aromatic rings. The third kappa shape index (κ3) is 4.91. The molecule has 6 nitrogen and oxygen atoms in total. The van der Waals surface area contributed by atoms with Gasteiger partial charge in [0.1, 0.15) is 5.82 Å². The number of anilines is 1. The molecule has 0 saturated carbocycles. The van der Waals surface area contributed by atoms with E-state index in [1.54, 1.807) is 25.1 Å². The molecule has 0 spiro atoms. The summed E-state index contributed by atoms with van der Waals surface area (Å²) in [7, 11) is -3.34. The summed E-state index contributed by atoms with van der Waals surface area (Å²) in [5.41, 5.74) is 0.511. The molecule has 1 aliphatic heterocycles. The van der Waals surface area contributed by atoms with Crippen molar-refractivity contribution in [1.29, 1.82) is 0 Å². The summed E-state index contributed by atoms with van der Waals surface area (Å²) in [5, 5.41) is 2.67. The number of carbonyl (C=O) groups is 1. The summed E-state index contributed by atoms with van der Waals surface area (Å²) < 4.78 is 39.9. The van der Waals surface area contributed by atoms with Gasteiger partial charge in [0.25, 0.3) is 0 Å². The maximum absolute atomic E-state index is 13.8. The molecule has 0 unspecified atom stereocenters. The minimum absolute atomic E-state index is 0.0106. The summed E-state index contributed by atoms with van der Waals surface area (Å²) in [4.78, 5) is 13.0. The van der Waals surface area contributed by atoms with E-state index in [9.17, 15) is 17.6 Å². The van der Waals surface area contributed by atoms with E-state index in [2.05, 4.69) is 5.32 Å². The summed E-state index contributed by atoms with van der Waals surface area (Å²) in [6.45, 7) is 3.73. The first-order valence-corrected chi connectivity index (χ1v) is 9.79. The number of halogens is 1. The number of hydrogen-bond acceptors (Lipinski definition) is 4. The summed E-state index contributed by atoms with van der Waals surface area (Å²) in [6, 6.07) is 6.52. The standard InChI is InChI=1S/C16H24FN3O3S/c1-2-16(21)18-8-5-13-24(22,23)20-11-9-19(10-12-20)15-7-4-3-6-14(15)17/h3-4,6-7H,2,5,8-13H2,1H3,(H,18,21). The fourth-order valence-corrected chi connectivity index (χ4v) is 4.14. The molecule has 0 aromatic heterocycles. The normalized spacial score (nSPS) is 16.2. The van der Waals surface area contributed by atoms with Gasteiger partial charge in [-0.3, -0.25) is 4.79 Å². The molecule has 0 radical (unpaired) electrons. The number of hydrogen-bond donors (Lipinski definition) is 1. The van der Waals surface area contributed by atoms with Crippen molar-refractivity contribution in [3.63, 3.8) is 0 Å². The third-order valence-electron chi connectivity index (χ3n) is 4.05. The maximum Gasteiger partial charge on any atom is 0.219 e. The number of sulfonamides is 1. The van der Waals surface area contributed by atoms with Crippen LogP contribution in [0.1, 0.15) is 19.8 Å². The first kappa shape index (κ1) is 18.7. The lowest BCUT2D eigenvalue weighted by Crippen LogP contribution is -2.49. The zero-order valence-electron chi connectivity index (χ0n) is 13.9. The second kappa shape index (κ2) is 8.43. The highest BCUT2D eigenvalue weighted by Crippen LogP contribution is 2.21. The predicted octanol–water partition coefficient (Wildman–Crippen LogP) is 1.19. The van der Waals surface area contributed by atoms with Crippen LogP contribution in [0.2, 0.25) is 0 Å². The quantitative estimate of drug-likeness (QED) is 0.745. The zero-order valence-corrected chi connectivity index (χ0v) is 14.7. The van der Waals surface area contributed by atoms with Crippen LogP contribution in [0.3, 0.4) is 0 Å². The first-order valence-electron chi connectivity index (χ1n) is 8.18. The Morgan fingerprint density at radius 2 is 1.88 bits per heavy atom. The van der Waals surface area contributed by atoms with Gasteiger partial charge in [0.05, 0.1) is 11.4 Å². The average molecular weight is 357 g/mol. The second-order valence-electron chi connectivity index (χ2n) is 5.71. The average Bonchev–Trinajstić information content (AvgIpc) is 2.59. The van der Waals surface area contributed by atoms with E-state index in [0.717, 1.165) is 0 Å². The molecule has 0 atom stereocenters. The number of carbonyl (C=O) groups excluding carboxylic acids is 1. The van der Waals surface area contributed by atoms with E-state index in [-0.39, 0.29) is 17.5 Å². The van der Waals surface area contributed by atoms with E-state index >= 15 is 0 Å². The Bertz CT molecular complexity index is 658. The summed E-state index contributed by atoms with van der Waals surface area (Å²) in [6.07, 6.45) is 0.784. The number of rotatable bonds is 7. The molecule has 1 aliphatic rings. The van der Waals surface area contributed by atoms with Crippen molar-refractivity contribution >= 4 is 21.6 Å². The topological polar surface area (TPSA) is 69.7 Å². The smallest absolute Gasteiger partial charge is 0.219 e. The molecule has 134 valence electrons. The first-order chi connectivity index (χ1) is 11.4. The van der Waals surface area contributed by atoms with Gasteiger partial charge in [-0.25, -0.2) is 12.8 Å².